The Hall–Kier alpha value is -4.46. The molecule has 168 valence electrons. The number of benzene rings is 3. The third-order valence-corrected chi connectivity index (χ3v) is 4.76. The molecule has 1 unspecified atom stereocenters. The normalized spacial score (nSPS) is 11.9. The van der Waals surface area contributed by atoms with Crippen molar-refractivity contribution in [2.75, 3.05) is 12.4 Å². The van der Waals surface area contributed by atoms with Crippen LogP contribution in [-0.2, 0) is 14.3 Å². The highest BCUT2D eigenvalue weighted by atomic mass is 16.6. The van der Waals surface area contributed by atoms with E-state index in [1.165, 1.54) is 32.2 Å². The van der Waals surface area contributed by atoms with Crippen LogP contribution >= 0.6 is 0 Å². The van der Waals surface area contributed by atoms with Gasteiger partial charge in [0.15, 0.2) is 6.10 Å². The molecule has 0 heterocycles. The predicted octanol–water partition coefficient (Wildman–Crippen LogP) is 4.71. The molecular formula is C25H22N2O6. The Bertz CT molecular complexity index is 1190. The van der Waals surface area contributed by atoms with Crippen LogP contribution in [0.15, 0.2) is 78.9 Å². The molecule has 1 N–H and O–H groups in total. The number of carbonyl (C=O) groups excluding carboxylic acids is 2. The number of amides is 1. The van der Waals surface area contributed by atoms with E-state index in [2.05, 4.69) is 5.32 Å². The molecule has 8 heteroatoms. The molecule has 3 aromatic rings. The fourth-order valence-corrected chi connectivity index (χ4v) is 3.07. The van der Waals surface area contributed by atoms with Crippen molar-refractivity contribution in [3.8, 4) is 5.75 Å². The number of esters is 1. The van der Waals surface area contributed by atoms with Crippen LogP contribution in [0.2, 0.25) is 0 Å². The van der Waals surface area contributed by atoms with E-state index in [4.69, 9.17) is 9.47 Å². The summed E-state index contributed by atoms with van der Waals surface area (Å²) in [5.41, 5.74) is 1.24. The van der Waals surface area contributed by atoms with E-state index in [-0.39, 0.29) is 16.9 Å². The van der Waals surface area contributed by atoms with Crippen LogP contribution in [0.5, 0.6) is 5.75 Å². The van der Waals surface area contributed by atoms with Gasteiger partial charge in [0.2, 0.25) is 0 Å². The van der Waals surface area contributed by atoms with E-state index >= 15 is 0 Å². The maximum absolute atomic E-state index is 13.1. The second kappa shape index (κ2) is 10.7. The highest BCUT2D eigenvalue weighted by Gasteiger charge is 2.24. The van der Waals surface area contributed by atoms with Gasteiger partial charge in [-0.25, -0.2) is 4.79 Å². The van der Waals surface area contributed by atoms with E-state index in [0.29, 0.717) is 16.9 Å². The third-order valence-electron chi connectivity index (χ3n) is 4.76. The van der Waals surface area contributed by atoms with E-state index in [1.54, 1.807) is 48.5 Å². The minimum absolute atomic E-state index is 0.0169. The number of nitro groups is 1. The smallest absolute Gasteiger partial charge is 0.339 e. The minimum atomic E-state index is -1.21. The summed E-state index contributed by atoms with van der Waals surface area (Å²) in [5.74, 6) is -0.847. The first kappa shape index (κ1) is 23.2. The molecule has 1 atom stereocenters. The van der Waals surface area contributed by atoms with Crippen molar-refractivity contribution in [2.24, 2.45) is 0 Å². The molecule has 3 rings (SSSR count). The molecule has 8 nitrogen and oxygen atoms in total. The number of hydrogen-bond acceptors (Lipinski definition) is 6. The highest BCUT2D eigenvalue weighted by Crippen LogP contribution is 2.27. The Balaban J connectivity index is 1.85. The molecule has 33 heavy (non-hydrogen) atoms. The largest absolute Gasteiger partial charge is 0.496 e. The molecular weight excluding hydrogens is 424 g/mol. The fourth-order valence-electron chi connectivity index (χ4n) is 3.07. The molecule has 0 aliphatic heterocycles. The molecule has 0 bridgehead atoms. The van der Waals surface area contributed by atoms with Crippen LogP contribution in [0.3, 0.4) is 0 Å². The Labute approximate surface area is 190 Å². The van der Waals surface area contributed by atoms with Gasteiger partial charge in [-0.05, 0) is 30.7 Å². The molecule has 0 fully saturated rings. The number of carbonyl (C=O) groups is 2. The second-order valence-corrected chi connectivity index (χ2v) is 6.98. The number of nitrogens with one attached hydrogen (secondary N) is 1. The number of para-hydroxylation sites is 3. The van der Waals surface area contributed by atoms with Crippen LogP contribution in [0.4, 0.5) is 11.4 Å². The number of rotatable bonds is 8. The summed E-state index contributed by atoms with van der Waals surface area (Å²) in [6, 6.07) is 21.8. The van der Waals surface area contributed by atoms with E-state index in [9.17, 15) is 19.7 Å². The first-order valence-electron chi connectivity index (χ1n) is 10.1. The van der Waals surface area contributed by atoms with E-state index in [1.807, 2.05) is 18.2 Å². The molecule has 0 aliphatic carbocycles. The summed E-state index contributed by atoms with van der Waals surface area (Å²) in [6.07, 6.45) is 0.422. The van der Waals surface area contributed by atoms with Crippen molar-refractivity contribution in [1.82, 2.24) is 0 Å². The van der Waals surface area contributed by atoms with Crippen molar-refractivity contribution in [1.29, 1.82) is 0 Å². The topological polar surface area (TPSA) is 108 Å². The van der Waals surface area contributed by atoms with E-state index in [0.717, 1.165) is 0 Å². The second-order valence-electron chi connectivity index (χ2n) is 6.98. The maximum Gasteiger partial charge on any atom is 0.339 e. The Morgan fingerprint density at radius 3 is 2.30 bits per heavy atom. The van der Waals surface area contributed by atoms with Crippen LogP contribution in [0.1, 0.15) is 18.1 Å². The molecule has 0 aromatic heterocycles. The van der Waals surface area contributed by atoms with Gasteiger partial charge in [-0.1, -0.05) is 60.7 Å². The molecule has 0 saturated carbocycles. The fraction of sp³-hybridized carbons (Fsp3) is 0.120. The van der Waals surface area contributed by atoms with Gasteiger partial charge in [-0.15, -0.1) is 0 Å². The summed E-state index contributed by atoms with van der Waals surface area (Å²) >= 11 is 0. The Morgan fingerprint density at radius 2 is 1.61 bits per heavy atom. The number of anilines is 1. The van der Waals surface area contributed by atoms with Gasteiger partial charge in [0.25, 0.3) is 11.6 Å². The van der Waals surface area contributed by atoms with Crippen molar-refractivity contribution < 1.29 is 24.0 Å². The summed E-state index contributed by atoms with van der Waals surface area (Å²) in [5, 5.41) is 13.6. The van der Waals surface area contributed by atoms with Gasteiger partial charge in [0, 0.05) is 11.6 Å². The summed E-state index contributed by atoms with van der Waals surface area (Å²) in [7, 11) is 1.53. The SMILES string of the molecule is COc1ccccc1/C=C(/C(=O)OC(C)C(=O)Nc1ccccc1[N+](=O)[O-])c1ccccc1. The number of nitro benzene ring substituents is 1. The lowest BCUT2D eigenvalue weighted by atomic mass is 10.0. The zero-order valence-corrected chi connectivity index (χ0v) is 18.1. The molecule has 0 saturated heterocycles. The Morgan fingerprint density at radius 1 is 0.970 bits per heavy atom. The summed E-state index contributed by atoms with van der Waals surface area (Å²) in [4.78, 5) is 36.2. The first-order valence-corrected chi connectivity index (χ1v) is 10.1. The van der Waals surface area contributed by atoms with Gasteiger partial charge in [0.05, 0.1) is 17.6 Å². The zero-order chi connectivity index (χ0) is 23.8. The van der Waals surface area contributed by atoms with Crippen molar-refractivity contribution >= 4 is 34.9 Å². The minimum Gasteiger partial charge on any atom is -0.496 e. The molecule has 1 amide bonds. The monoisotopic (exact) mass is 446 g/mol. The van der Waals surface area contributed by atoms with Crippen molar-refractivity contribution in [2.45, 2.75) is 13.0 Å². The highest BCUT2D eigenvalue weighted by molar-refractivity contribution is 6.22. The van der Waals surface area contributed by atoms with Crippen LogP contribution < -0.4 is 10.1 Å². The number of nitrogens with zero attached hydrogens (tertiary/aromatic N) is 1. The van der Waals surface area contributed by atoms with Crippen LogP contribution in [0, 0.1) is 10.1 Å². The summed E-state index contributed by atoms with van der Waals surface area (Å²) in [6.45, 7) is 1.40. The lowest BCUT2D eigenvalue weighted by Crippen LogP contribution is -2.30. The molecule has 0 radical (unpaired) electrons. The predicted molar refractivity (Wildman–Crippen MR) is 125 cm³/mol. The standard InChI is InChI=1S/C25H22N2O6/c1-17(24(28)26-21-13-7-8-14-22(21)27(30)31)33-25(29)20(18-10-4-3-5-11-18)16-19-12-6-9-15-23(19)32-2/h3-17H,1-2H3,(H,26,28)/b20-16+. The van der Waals surface area contributed by atoms with Crippen LogP contribution in [-0.4, -0.2) is 30.0 Å². The van der Waals surface area contributed by atoms with Gasteiger partial charge in [-0.2, -0.15) is 0 Å². The number of ether oxygens (including phenoxy) is 2. The van der Waals surface area contributed by atoms with Gasteiger partial charge in [-0.3, -0.25) is 14.9 Å². The molecule has 3 aromatic carbocycles. The maximum atomic E-state index is 13.1. The van der Waals surface area contributed by atoms with Crippen molar-refractivity contribution in [3.05, 3.63) is 100 Å². The van der Waals surface area contributed by atoms with Crippen molar-refractivity contribution in [3.63, 3.8) is 0 Å². The van der Waals surface area contributed by atoms with Gasteiger partial charge in [0.1, 0.15) is 11.4 Å². The number of hydrogen-bond donors (Lipinski definition) is 1. The average molecular weight is 446 g/mol. The number of methoxy groups -OCH3 is 1. The summed E-state index contributed by atoms with van der Waals surface area (Å²) < 4.78 is 10.8. The quantitative estimate of drug-likeness (QED) is 0.176. The van der Waals surface area contributed by atoms with Gasteiger partial charge >= 0.3 is 5.97 Å². The molecule has 0 spiro atoms. The van der Waals surface area contributed by atoms with Crippen LogP contribution in [0.25, 0.3) is 11.6 Å². The third kappa shape index (κ3) is 5.82. The lowest BCUT2D eigenvalue weighted by Gasteiger charge is -2.15. The average Bonchev–Trinajstić information content (AvgIpc) is 2.83. The van der Waals surface area contributed by atoms with Gasteiger partial charge < -0.3 is 14.8 Å². The Kier molecular flexibility index (Phi) is 7.54. The lowest BCUT2D eigenvalue weighted by molar-refractivity contribution is -0.383. The van der Waals surface area contributed by atoms with E-state index < -0.39 is 22.9 Å². The first-order chi connectivity index (χ1) is 15.9. The molecule has 0 aliphatic rings. The zero-order valence-electron chi connectivity index (χ0n) is 18.1.